The molecule has 10 heteroatoms. The standard InChI is InChI=1S/C21H21ClFN3O3S2/c1-12-3-5-15(7-13(12)2)26(21-25-18-10-31(28,29)11-19(18)30-21)9-20(27)24-14-4-6-17(23)16(22)8-14/h3-8,18-19H,9-11H2,1-2H3,(H,24,27)/t18-,19+/m0/s1. The van der Waals surface area contributed by atoms with Crippen molar-refractivity contribution < 1.29 is 17.6 Å². The van der Waals surface area contributed by atoms with Crippen LogP contribution in [0.3, 0.4) is 0 Å². The normalized spacial score (nSPS) is 21.5. The first-order chi connectivity index (χ1) is 14.6. The summed E-state index contributed by atoms with van der Waals surface area (Å²) >= 11 is 7.20. The first kappa shape index (κ1) is 22.1. The first-order valence-corrected chi connectivity index (χ1v) is 12.7. The number of amidine groups is 1. The fourth-order valence-electron chi connectivity index (χ4n) is 3.55. The summed E-state index contributed by atoms with van der Waals surface area (Å²) in [6.07, 6.45) is 0. The van der Waals surface area contributed by atoms with Gasteiger partial charge < -0.3 is 10.2 Å². The number of halogens is 2. The predicted octanol–water partition coefficient (Wildman–Crippen LogP) is 3.81. The number of fused-ring (bicyclic) bond motifs is 1. The number of anilines is 2. The summed E-state index contributed by atoms with van der Waals surface area (Å²) in [6.45, 7) is 3.96. The largest absolute Gasteiger partial charge is 0.324 e. The molecule has 1 saturated heterocycles. The van der Waals surface area contributed by atoms with E-state index in [1.54, 1.807) is 4.90 Å². The summed E-state index contributed by atoms with van der Waals surface area (Å²) in [7, 11) is -3.07. The van der Waals surface area contributed by atoms with Crippen LogP contribution in [0, 0.1) is 19.7 Å². The number of rotatable bonds is 4. The Balaban J connectivity index is 1.59. The van der Waals surface area contributed by atoms with Crippen LogP contribution in [0.15, 0.2) is 41.4 Å². The summed E-state index contributed by atoms with van der Waals surface area (Å²) in [5.74, 6) is -0.755. The highest BCUT2D eigenvalue weighted by Crippen LogP contribution is 2.37. The Kier molecular flexibility index (Phi) is 6.02. The fourth-order valence-corrected chi connectivity index (χ4v) is 7.51. The molecule has 0 bridgehead atoms. The van der Waals surface area contributed by atoms with E-state index in [9.17, 15) is 17.6 Å². The highest BCUT2D eigenvalue weighted by atomic mass is 35.5. The zero-order chi connectivity index (χ0) is 22.3. The maximum atomic E-state index is 13.4. The summed E-state index contributed by atoms with van der Waals surface area (Å²) < 4.78 is 37.2. The summed E-state index contributed by atoms with van der Waals surface area (Å²) in [5.41, 5.74) is 3.38. The van der Waals surface area contributed by atoms with Gasteiger partial charge >= 0.3 is 0 Å². The fraction of sp³-hybridized carbons (Fsp3) is 0.333. The highest BCUT2D eigenvalue weighted by Gasteiger charge is 2.44. The van der Waals surface area contributed by atoms with Gasteiger partial charge in [-0.05, 0) is 55.3 Å². The van der Waals surface area contributed by atoms with Crippen LogP contribution in [0.2, 0.25) is 5.02 Å². The molecule has 31 heavy (non-hydrogen) atoms. The molecule has 4 rings (SSSR count). The molecule has 0 saturated carbocycles. The van der Waals surface area contributed by atoms with Gasteiger partial charge in [-0.3, -0.25) is 9.79 Å². The van der Waals surface area contributed by atoms with E-state index < -0.39 is 15.7 Å². The molecular formula is C21H21ClFN3O3S2. The number of sulfone groups is 1. The van der Waals surface area contributed by atoms with Crippen LogP contribution in [0.5, 0.6) is 0 Å². The smallest absolute Gasteiger partial charge is 0.244 e. The first-order valence-electron chi connectivity index (χ1n) is 9.66. The van der Waals surface area contributed by atoms with Crippen LogP contribution >= 0.6 is 23.4 Å². The minimum atomic E-state index is -3.07. The predicted molar refractivity (Wildman–Crippen MR) is 125 cm³/mol. The van der Waals surface area contributed by atoms with Gasteiger partial charge in [0.05, 0.1) is 22.6 Å². The van der Waals surface area contributed by atoms with Crippen molar-refractivity contribution in [1.82, 2.24) is 0 Å². The van der Waals surface area contributed by atoms with Crippen molar-refractivity contribution in [2.24, 2.45) is 4.99 Å². The summed E-state index contributed by atoms with van der Waals surface area (Å²) in [6, 6.07) is 9.56. The average molecular weight is 482 g/mol. The zero-order valence-corrected chi connectivity index (χ0v) is 19.3. The molecule has 1 fully saturated rings. The number of carbonyl (C=O) groups is 1. The lowest BCUT2D eigenvalue weighted by molar-refractivity contribution is -0.114. The van der Waals surface area contributed by atoms with Crippen molar-refractivity contribution in [2.45, 2.75) is 25.1 Å². The second-order valence-electron chi connectivity index (χ2n) is 7.74. The van der Waals surface area contributed by atoms with Crippen molar-refractivity contribution in [3.8, 4) is 0 Å². The molecule has 0 unspecified atom stereocenters. The molecule has 0 spiro atoms. The van der Waals surface area contributed by atoms with E-state index in [0.29, 0.717) is 10.9 Å². The van der Waals surface area contributed by atoms with Gasteiger partial charge in [0.25, 0.3) is 0 Å². The maximum Gasteiger partial charge on any atom is 0.244 e. The molecule has 164 valence electrons. The van der Waals surface area contributed by atoms with Gasteiger partial charge in [0.15, 0.2) is 15.0 Å². The van der Waals surface area contributed by atoms with Gasteiger partial charge in [0.1, 0.15) is 12.4 Å². The molecule has 1 N–H and O–H groups in total. The molecule has 2 atom stereocenters. The number of thioether (sulfide) groups is 1. The molecule has 0 radical (unpaired) electrons. The quantitative estimate of drug-likeness (QED) is 0.718. The Labute approximate surface area is 189 Å². The molecular weight excluding hydrogens is 461 g/mol. The van der Waals surface area contributed by atoms with Crippen LogP contribution in [-0.2, 0) is 14.6 Å². The van der Waals surface area contributed by atoms with Crippen molar-refractivity contribution in [2.75, 3.05) is 28.3 Å². The topological polar surface area (TPSA) is 78.8 Å². The number of hydrogen-bond acceptors (Lipinski definition) is 6. The van der Waals surface area contributed by atoms with Crippen LogP contribution in [-0.4, -0.2) is 48.8 Å². The third kappa shape index (κ3) is 4.88. The van der Waals surface area contributed by atoms with Crippen molar-refractivity contribution in [1.29, 1.82) is 0 Å². The van der Waals surface area contributed by atoms with E-state index in [1.807, 2.05) is 32.0 Å². The van der Waals surface area contributed by atoms with Gasteiger partial charge in [-0.1, -0.05) is 29.4 Å². The van der Waals surface area contributed by atoms with Crippen molar-refractivity contribution in [3.05, 3.63) is 58.4 Å². The lowest BCUT2D eigenvalue weighted by Gasteiger charge is -2.25. The Morgan fingerprint density at radius 2 is 2.00 bits per heavy atom. The Morgan fingerprint density at radius 3 is 2.68 bits per heavy atom. The number of aryl methyl sites for hydroxylation is 2. The number of carbonyl (C=O) groups excluding carboxylic acids is 1. The molecule has 2 aromatic rings. The van der Waals surface area contributed by atoms with E-state index in [4.69, 9.17) is 11.6 Å². The minimum absolute atomic E-state index is 0.0322. The summed E-state index contributed by atoms with van der Waals surface area (Å²) in [4.78, 5) is 19.2. The van der Waals surface area contributed by atoms with E-state index in [1.165, 1.54) is 30.0 Å². The number of nitrogens with zero attached hydrogens (tertiary/aromatic N) is 2. The zero-order valence-electron chi connectivity index (χ0n) is 16.9. The number of benzene rings is 2. The Morgan fingerprint density at radius 1 is 1.23 bits per heavy atom. The molecule has 2 aliphatic rings. The van der Waals surface area contributed by atoms with E-state index >= 15 is 0 Å². The Bertz CT molecular complexity index is 1190. The van der Waals surface area contributed by atoms with Gasteiger partial charge in [-0.15, -0.1) is 0 Å². The SMILES string of the molecule is Cc1ccc(N(CC(=O)Nc2ccc(F)c(Cl)c2)C2=N[C@H]3CS(=O)(=O)C[C@H]3S2)cc1C. The summed E-state index contributed by atoms with van der Waals surface area (Å²) in [5, 5.41) is 3.15. The number of nitrogens with one attached hydrogen (secondary N) is 1. The van der Waals surface area contributed by atoms with Gasteiger partial charge in [-0.25, -0.2) is 12.8 Å². The number of amides is 1. The van der Waals surface area contributed by atoms with Crippen LogP contribution in [0.4, 0.5) is 15.8 Å². The molecule has 2 aromatic carbocycles. The average Bonchev–Trinajstić information content (AvgIpc) is 3.18. The van der Waals surface area contributed by atoms with E-state index in [-0.39, 0.29) is 40.3 Å². The third-order valence-electron chi connectivity index (χ3n) is 5.34. The monoisotopic (exact) mass is 481 g/mol. The maximum absolute atomic E-state index is 13.4. The molecule has 1 amide bonds. The molecule has 2 heterocycles. The minimum Gasteiger partial charge on any atom is -0.324 e. The van der Waals surface area contributed by atoms with E-state index in [0.717, 1.165) is 16.8 Å². The lowest BCUT2D eigenvalue weighted by atomic mass is 10.1. The molecule has 6 nitrogen and oxygen atoms in total. The van der Waals surface area contributed by atoms with Crippen LogP contribution in [0.25, 0.3) is 0 Å². The van der Waals surface area contributed by atoms with Crippen molar-refractivity contribution in [3.63, 3.8) is 0 Å². The third-order valence-corrected chi connectivity index (χ3v) is 8.88. The van der Waals surface area contributed by atoms with Crippen LogP contribution in [0.1, 0.15) is 11.1 Å². The lowest BCUT2D eigenvalue weighted by Crippen LogP contribution is -2.36. The van der Waals surface area contributed by atoms with Crippen molar-refractivity contribution >= 4 is 55.6 Å². The number of aliphatic imine (C=N–C) groups is 1. The van der Waals surface area contributed by atoms with Gasteiger partial charge in [0.2, 0.25) is 5.91 Å². The number of hydrogen-bond donors (Lipinski definition) is 1. The second-order valence-corrected chi connectivity index (χ2v) is 11.5. The van der Waals surface area contributed by atoms with Gasteiger partial charge in [0, 0.05) is 16.6 Å². The molecule has 0 aliphatic carbocycles. The van der Waals surface area contributed by atoms with E-state index in [2.05, 4.69) is 10.3 Å². The molecule has 0 aromatic heterocycles. The highest BCUT2D eigenvalue weighted by molar-refractivity contribution is 8.15. The second kappa shape index (κ2) is 8.44. The molecule has 2 aliphatic heterocycles. The van der Waals surface area contributed by atoms with Crippen LogP contribution < -0.4 is 10.2 Å². The Hall–Kier alpha value is -2.10. The van der Waals surface area contributed by atoms with Gasteiger partial charge in [-0.2, -0.15) is 0 Å².